The number of halogens is 2. The number of carbonyl (C=O) groups is 3. The number of nitrogens with zero attached hydrogens (tertiary/aromatic N) is 1. The number of fused-ring (bicyclic) bond motifs is 1. The molecule has 0 aromatic heterocycles. The second kappa shape index (κ2) is 11.4. The first-order valence-corrected chi connectivity index (χ1v) is 13.1. The van der Waals surface area contributed by atoms with Crippen molar-refractivity contribution in [3.8, 4) is 5.75 Å². The lowest BCUT2D eigenvalue weighted by molar-refractivity contribution is -0.149. The van der Waals surface area contributed by atoms with Gasteiger partial charge in [-0.1, -0.05) is 19.9 Å². The van der Waals surface area contributed by atoms with Gasteiger partial charge < -0.3 is 19.5 Å². The van der Waals surface area contributed by atoms with Crippen molar-refractivity contribution >= 4 is 17.7 Å². The van der Waals surface area contributed by atoms with E-state index in [0.717, 1.165) is 5.56 Å². The summed E-state index contributed by atoms with van der Waals surface area (Å²) in [6.07, 6.45) is 1.22. The number of carbonyl (C=O) groups excluding carboxylic acids is 2. The average molecular weight is 544 g/mol. The van der Waals surface area contributed by atoms with Crippen molar-refractivity contribution in [3.63, 3.8) is 0 Å². The van der Waals surface area contributed by atoms with Gasteiger partial charge in [0.05, 0.1) is 13.7 Å². The van der Waals surface area contributed by atoms with Gasteiger partial charge in [-0.3, -0.25) is 14.4 Å². The fraction of sp³-hybridized carbons (Fsp3) is 0.500. The van der Waals surface area contributed by atoms with Crippen LogP contribution in [0.2, 0.25) is 0 Å². The van der Waals surface area contributed by atoms with E-state index in [9.17, 15) is 14.4 Å². The van der Waals surface area contributed by atoms with Crippen LogP contribution in [0.25, 0.3) is 0 Å². The summed E-state index contributed by atoms with van der Waals surface area (Å²) in [5.74, 6) is -2.70. The van der Waals surface area contributed by atoms with E-state index in [4.69, 9.17) is 14.6 Å². The van der Waals surface area contributed by atoms with Crippen LogP contribution in [-0.4, -0.2) is 55.0 Å². The molecule has 2 aliphatic rings. The standard InChI is InChI=1S/C30H35F2NO6/c1-30(2,16-38-3)27-23(31)11-18(12-24(27)32)13-25(34)28-22-6-5-21(39-4)15-19(22)7-8-33(28)29(37)20-9-17(10-20)14-26(35)36/h5-6,11-12,15,17,20,28H,7-10,13-14,16H2,1-4H3,(H,35,36). The van der Waals surface area contributed by atoms with E-state index >= 15 is 8.78 Å². The normalized spacial score (nSPS) is 20.7. The lowest BCUT2D eigenvalue weighted by atomic mass is 9.72. The zero-order valence-electron chi connectivity index (χ0n) is 22.8. The van der Waals surface area contributed by atoms with Crippen LogP contribution < -0.4 is 4.74 Å². The summed E-state index contributed by atoms with van der Waals surface area (Å²) < 4.78 is 40.7. The summed E-state index contributed by atoms with van der Waals surface area (Å²) in [6.45, 7) is 3.79. The van der Waals surface area contributed by atoms with Crippen LogP contribution in [0.1, 0.15) is 61.4 Å². The zero-order chi connectivity index (χ0) is 28.5. The molecule has 1 heterocycles. The first kappa shape index (κ1) is 28.7. The van der Waals surface area contributed by atoms with Crippen molar-refractivity contribution in [1.82, 2.24) is 4.90 Å². The Labute approximate surface area is 227 Å². The number of carboxylic acids is 1. The van der Waals surface area contributed by atoms with Crippen molar-refractivity contribution in [1.29, 1.82) is 0 Å². The summed E-state index contributed by atoms with van der Waals surface area (Å²) in [4.78, 5) is 39.9. The number of Topliss-reactive ketones (excluding diaryl/α,β-unsaturated/α-hetero) is 1. The van der Waals surface area contributed by atoms with Crippen LogP contribution in [0, 0.1) is 23.5 Å². The van der Waals surface area contributed by atoms with Gasteiger partial charge in [0.25, 0.3) is 0 Å². The molecule has 9 heteroatoms. The number of methoxy groups -OCH3 is 2. The molecule has 2 aromatic carbocycles. The summed E-state index contributed by atoms with van der Waals surface area (Å²) in [7, 11) is 3.01. The van der Waals surface area contributed by atoms with E-state index in [1.165, 1.54) is 19.2 Å². The number of hydrogen-bond acceptors (Lipinski definition) is 5. The van der Waals surface area contributed by atoms with E-state index in [1.807, 2.05) is 6.07 Å². The Morgan fingerprint density at radius 3 is 2.33 bits per heavy atom. The number of carboxylic acid groups (broad SMARTS) is 1. The van der Waals surface area contributed by atoms with Crippen molar-refractivity contribution in [2.75, 3.05) is 27.4 Å². The fourth-order valence-electron chi connectivity index (χ4n) is 6.01. The molecule has 210 valence electrons. The summed E-state index contributed by atoms with van der Waals surface area (Å²) >= 11 is 0. The lowest BCUT2D eigenvalue weighted by Gasteiger charge is -2.42. The van der Waals surface area contributed by atoms with Crippen LogP contribution in [0.15, 0.2) is 30.3 Å². The predicted octanol–water partition coefficient (Wildman–Crippen LogP) is 4.64. The molecule has 1 saturated carbocycles. The number of aliphatic carboxylic acids is 1. The lowest BCUT2D eigenvalue weighted by Crippen LogP contribution is -2.49. The number of ketones is 1. The first-order valence-electron chi connectivity index (χ1n) is 13.1. The molecule has 0 saturated heterocycles. The quantitative estimate of drug-likeness (QED) is 0.470. The number of hydrogen-bond donors (Lipinski definition) is 1. The molecule has 0 radical (unpaired) electrons. The maximum absolute atomic E-state index is 15.1. The van der Waals surface area contributed by atoms with Gasteiger partial charge in [-0.05, 0) is 66.1 Å². The average Bonchev–Trinajstić information content (AvgIpc) is 2.83. The molecular formula is C30H35F2NO6. The maximum Gasteiger partial charge on any atom is 0.303 e. The third kappa shape index (κ3) is 5.98. The van der Waals surface area contributed by atoms with Gasteiger partial charge in [-0.15, -0.1) is 0 Å². The Balaban J connectivity index is 1.62. The molecule has 1 amide bonds. The molecule has 39 heavy (non-hydrogen) atoms. The van der Waals surface area contributed by atoms with Crippen molar-refractivity contribution < 1.29 is 37.7 Å². The number of ether oxygens (including phenoxy) is 2. The van der Waals surface area contributed by atoms with E-state index < -0.39 is 29.1 Å². The third-order valence-corrected chi connectivity index (χ3v) is 7.88. The Bertz CT molecular complexity index is 1250. The molecular weight excluding hydrogens is 508 g/mol. The molecule has 1 atom stereocenters. The van der Waals surface area contributed by atoms with Gasteiger partial charge in [0, 0.05) is 43.4 Å². The predicted molar refractivity (Wildman–Crippen MR) is 140 cm³/mol. The van der Waals surface area contributed by atoms with E-state index in [-0.39, 0.29) is 54.1 Å². The highest BCUT2D eigenvalue weighted by atomic mass is 19.1. The molecule has 2 aromatic rings. The van der Waals surface area contributed by atoms with E-state index in [2.05, 4.69) is 0 Å². The van der Waals surface area contributed by atoms with Gasteiger partial charge in [0.15, 0.2) is 5.78 Å². The minimum Gasteiger partial charge on any atom is -0.497 e. The van der Waals surface area contributed by atoms with Crippen LogP contribution in [0.4, 0.5) is 8.78 Å². The SMILES string of the molecule is COCC(C)(C)c1c(F)cc(CC(=O)C2c3ccc(OC)cc3CCN2C(=O)C2CC(CC(=O)O)C2)cc1F. The molecule has 7 nitrogen and oxygen atoms in total. The smallest absolute Gasteiger partial charge is 0.303 e. The molecule has 1 unspecified atom stereocenters. The Kier molecular flexibility index (Phi) is 8.39. The number of amides is 1. The van der Waals surface area contributed by atoms with Gasteiger partial charge >= 0.3 is 5.97 Å². The fourth-order valence-corrected chi connectivity index (χ4v) is 6.01. The summed E-state index contributed by atoms with van der Waals surface area (Å²) in [6, 6.07) is 6.78. The number of benzene rings is 2. The van der Waals surface area contributed by atoms with Crippen molar-refractivity contribution in [3.05, 3.63) is 64.2 Å². The van der Waals surface area contributed by atoms with Gasteiger partial charge in [0.2, 0.25) is 5.91 Å². The third-order valence-electron chi connectivity index (χ3n) is 7.88. The van der Waals surface area contributed by atoms with Gasteiger partial charge in [-0.25, -0.2) is 8.78 Å². The highest BCUT2D eigenvalue weighted by molar-refractivity contribution is 5.93. The van der Waals surface area contributed by atoms with E-state index in [0.29, 0.717) is 37.1 Å². The first-order chi connectivity index (χ1) is 18.4. The Morgan fingerprint density at radius 2 is 1.74 bits per heavy atom. The van der Waals surface area contributed by atoms with Crippen LogP contribution >= 0.6 is 0 Å². The summed E-state index contributed by atoms with van der Waals surface area (Å²) in [5.41, 5.74) is 0.722. The number of rotatable bonds is 10. The largest absolute Gasteiger partial charge is 0.497 e. The van der Waals surface area contributed by atoms with Crippen LogP contribution in [0.3, 0.4) is 0 Å². The van der Waals surface area contributed by atoms with Crippen molar-refractivity contribution in [2.45, 2.75) is 57.4 Å². The Morgan fingerprint density at radius 1 is 1.08 bits per heavy atom. The van der Waals surface area contributed by atoms with Gasteiger partial charge in [0.1, 0.15) is 23.4 Å². The highest BCUT2D eigenvalue weighted by Crippen LogP contribution is 2.41. The van der Waals surface area contributed by atoms with E-state index in [1.54, 1.807) is 38.0 Å². The monoisotopic (exact) mass is 543 g/mol. The molecule has 0 bridgehead atoms. The second-order valence-electron chi connectivity index (χ2n) is 11.3. The van der Waals surface area contributed by atoms with Crippen molar-refractivity contribution in [2.24, 2.45) is 11.8 Å². The minimum atomic E-state index is -0.915. The molecule has 1 N–H and O–H groups in total. The minimum absolute atomic E-state index is 0.0169. The second-order valence-corrected chi connectivity index (χ2v) is 11.3. The molecule has 1 aliphatic heterocycles. The zero-order valence-corrected chi connectivity index (χ0v) is 22.8. The molecule has 1 fully saturated rings. The molecule has 1 aliphatic carbocycles. The van der Waals surface area contributed by atoms with Gasteiger partial charge in [-0.2, -0.15) is 0 Å². The summed E-state index contributed by atoms with van der Waals surface area (Å²) in [5, 5.41) is 9.05. The van der Waals surface area contributed by atoms with Crippen LogP contribution in [0.5, 0.6) is 5.75 Å². The maximum atomic E-state index is 15.1. The molecule has 4 rings (SSSR count). The Hall–Kier alpha value is -3.33. The molecule has 0 spiro atoms. The highest BCUT2D eigenvalue weighted by Gasteiger charge is 2.43. The topological polar surface area (TPSA) is 93.1 Å². The van der Waals surface area contributed by atoms with Crippen LogP contribution in [-0.2, 0) is 37.4 Å².